The fourth-order valence-corrected chi connectivity index (χ4v) is 0.507. The molecule has 0 saturated carbocycles. The Kier molecular flexibility index (Phi) is 3.60. The molecule has 2 nitrogen and oxygen atoms in total. The number of rotatable bonds is 2. The molecule has 0 aliphatic carbocycles. The third kappa shape index (κ3) is 2.80. The Morgan fingerprint density at radius 2 is 2.11 bits per heavy atom. The van der Waals surface area contributed by atoms with E-state index in [1.165, 1.54) is 6.92 Å². The highest BCUT2D eigenvalue weighted by Crippen LogP contribution is 1.82. The van der Waals surface area contributed by atoms with Gasteiger partial charge < -0.3 is 0 Å². The zero-order chi connectivity index (χ0) is 7.28. The van der Waals surface area contributed by atoms with E-state index in [1.807, 2.05) is 6.92 Å². The van der Waals surface area contributed by atoms with Crippen LogP contribution in [0.2, 0.25) is 0 Å². The average molecular weight is 125 g/mol. The molecule has 9 heavy (non-hydrogen) atoms. The Hall–Kier alpha value is -0.920. The summed E-state index contributed by atoms with van der Waals surface area (Å²) in [6.45, 7) is 3.36. The Balaban J connectivity index is 4.19. The van der Waals surface area contributed by atoms with Crippen LogP contribution in [0, 0.1) is 0 Å². The molecule has 0 atom stereocenters. The third-order valence-corrected chi connectivity index (χ3v) is 0.926. The highest BCUT2D eigenvalue weighted by molar-refractivity contribution is 6.43. The van der Waals surface area contributed by atoms with Gasteiger partial charge in [-0.1, -0.05) is 6.08 Å². The summed E-state index contributed by atoms with van der Waals surface area (Å²) in [5.74, 6) is 0.00981. The van der Waals surface area contributed by atoms with E-state index >= 15 is 0 Å². The minimum absolute atomic E-state index is 0.00981. The largest absolute Gasteiger partial charge is 0.293 e. The summed E-state index contributed by atoms with van der Waals surface area (Å²) in [6.07, 6.45) is 3.49. The predicted octanol–water partition coefficient (Wildman–Crippen LogP) is 1.22. The van der Waals surface area contributed by atoms with Gasteiger partial charge in [-0.05, 0) is 13.0 Å². The number of carbonyl (C=O) groups excluding carboxylic acids is 1. The van der Waals surface area contributed by atoms with Crippen LogP contribution in [0.3, 0.4) is 0 Å². The molecule has 0 saturated heterocycles. The van der Waals surface area contributed by atoms with E-state index in [-0.39, 0.29) is 5.78 Å². The minimum atomic E-state index is 0.00981. The molecule has 0 aliphatic rings. The van der Waals surface area contributed by atoms with Crippen LogP contribution in [-0.4, -0.2) is 18.5 Å². The Labute approximate surface area is 55.3 Å². The van der Waals surface area contributed by atoms with Gasteiger partial charge in [0.2, 0.25) is 0 Å². The molecule has 0 heterocycles. The van der Waals surface area contributed by atoms with E-state index in [2.05, 4.69) is 4.99 Å². The second-order valence-electron chi connectivity index (χ2n) is 1.67. The van der Waals surface area contributed by atoms with Crippen molar-refractivity contribution in [1.29, 1.82) is 0 Å². The lowest BCUT2D eigenvalue weighted by Gasteiger charge is -1.88. The van der Waals surface area contributed by atoms with Gasteiger partial charge in [0.05, 0.1) is 5.71 Å². The molecule has 0 radical (unpaired) electrons. The van der Waals surface area contributed by atoms with Crippen LogP contribution < -0.4 is 0 Å². The van der Waals surface area contributed by atoms with Crippen molar-refractivity contribution in [3.05, 3.63) is 12.2 Å². The van der Waals surface area contributed by atoms with E-state index < -0.39 is 0 Å². The van der Waals surface area contributed by atoms with Crippen molar-refractivity contribution >= 4 is 11.5 Å². The van der Waals surface area contributed by atoms with Crippen molar-refractivity contribution in [1.82, 2.24) is 0 Å². The summed E-state index contributed by atoms with van der Waals surface area (Å²) in [4.78, 5) is 14.3. The van der Waals surface area contributed by atoms with Crippen molar-refractivity contribution in [2.45, 2.75) is 13.8 Å². The lowest BCUT2D eigenvalue weighted by molar-refractivity contribution is -0.111. The van der Waals surface area contributed by atoms with Crippen molar-refractivity contribution in [2.24, 2.45) is 4.99 Å². The second kappa shape index (κ2) is 4.01. The number of carbonyl (C=O) groups is 1. The first-order valence-corrected chi connectivity index (χ1v) is 2.82. The maximum absolute atomic E-state index is 10.6. The SMILES string of the molecule is CC=CC(=NC)C(C)=O. The highest BCUT2D eigenvalue weighted by Gasteiger charge is 1.96. The van der Waals surface area contributed by atoms with Crippen LogP contribution in [0.4, 0.5) is 0 Å². The molecular formula is C7H11NO. The Morgan fingerprint density at radius 1 is 1.56 bits per heavy atom. The van der Waals surface area contributed by atoms with Gasteiger partial charge in [0.15, 0.2) is 5.78 Å². The number of ketones is 1. The molecule has 0 amide bonds. The summed E-state index contributed by atoms with van der Waals surface area (Å²) in [7, 11) is 1.61. The number of hydrogen-bond donors (Lipinski definition) is 0. The molecule has 0 fully saturated rings. The first-order chi connectivity index (χ1) is 4.22. The van der Waals surface area contributed by atoms with E-state index in [4.69, 9.17) is 0 Å². The van der Waals surface area contributed by atoms with E-state index in [0.29, 0.717) is 5.71 Å². The summed E-state index contributed by atoms with van der Waals surface area (Å²) in [6, 6.07) is 0. The fourth-order valence-electron chi connectivity index (χ4n) is 0.507. The topological polar surface area (TPSA) is 29.4 Å². The number of Topliss-reactive ketones (excluding diaryl/α,β-unsaturated/α-hetero) is 1. The zero-order valence-electron chi connectivity index (χ0n) is 6.01. The van der Waals surface area contributed by atoms with Crippen molar-refractivity contribution in [3.63, 3.8) is 0 Å². The van der Waals surface area contributed by atoms with Gasteiger partial charge in [0.25, 0.3) is 0 Å². The molecule has 0 unspecified atom stereocenters. The molecule has 0 bridgehead atoms. The average Bonchev–Trinajstić information content (AvgIpc) is 1.82. The fraction of sp³-hybridized carbons (Fsp3) is 0.429. The summed E-state index contributed by atoms with van der Waals surface area (Å²) < 4.78 is 0. The van der Waals surface area contributed by atoms with Crippen LogP contribution in [0.1, 0.15) is 13.8 Å². The maximum Gasteiger partial charge on any atom is 0.177 e. The molecule has 2 heteroatoms. The smallest absolute Gasteiger partial charge is 0.177 e. The van der Waals surface area contributed by atoms with Crippen LogP contribution in [-0.2, 0) is 4.79 Å². The van der Waals surface area contributed by atoms with Crippen LogP contribution in [0.5, 0.6) is 0 Å². The summed E-state index contributed by atoms with van der Waals surface area (Å²) in [5.41, 5.74) is 0.525. The van der Waals surface area contributed by atoms with Crippen molar-refractivity contribution in [3.8, 4) is 0 Å². The van der Waals surface area contributed by atoms with Crippen LogP contribution in [0.25, 0.3) is 0 Å². The third-order valence-electron chi connectivity index (χ3n) is 0.926. The molecule has 0 aromatic rings. The lowest BCUT2D eigenvalue weighted by Crippen LogP contribution is -2.05. The molecule has 0 aromatic heterocycles. The molecular weight excluding hydrogens is 114 g/mol. The van der Waals surface area contributed by atoms with Gasteiger partial charge in [-0.15, -0.1) is 0 Å². The monoisotopic (exact) mass is 125 g/mol. The molecule has 0 aliphatic heterocycles. The maximum atomic E-state index is 10.6. The van der Waals surface area contributed by atoms with Crippen molar-refractivity contribution < 1.29 is 4.79 Å². The second-order valence-corrected chi connectivity index (χ2v) is 1.67. The van der Waals surface area contributed by atoms with Gasteiger partial charge in [-0.3, -0.25) is 9.79 Å². The highest BCUT2D eigenvalue weighted by atomic mass is 16.1. The molecule has 0 spiro atoms. The standard InChI is InChI=1S/C7H11NO/c1-4-5-7(8-3)6(2)9/h4-5H,1-3H3. The Bertz CT molecular complexity index is 156. The number of aliphatic imine (C=N–C) groups is 1. The van der Waals surface area contributed by atoms with Crippen LogP contribution in [0.15, 0.2) is 17.1 Å². The normalized spacial score (nSPS) is 12.6. The van der Waals surface area contributed by atoms with E-state index in [9.17, 15) is 4.79 Å². The molecule has 0 rings (SSSR count). The zero-order valence-corrected chi connectivity index (χ0v) is 6.01. The molecule has 0 N–H and O–H groups in total. The quantitative estimate of drug-likeness (QED) is 0.510. The van der Waals surface area contributed by atoms with Gasteiger partial charge in [0, 0.05) is 14.0 Å². The number of nitrogens with zero attached hydrogens (tertiary/aromatic N) is 1. The first kappa shape index (κ1) is 8.08. The summed E-state index contributed by atoms with van der Waals surface area (Å²) >= 11 is 0. The summed E-state index contributed by atoms with van der Waals surface area (Å²) in [5, 5.41) is 0. The van der Waals surface area contributed by atoms with Gasteiger partial charge in [-0.25, -0.2) is 0 Å². The van der Waals surface area contributed by atoms with Gasteiger partial charge in [-0.2, -0.15) is 0 Å². The lowest BCUT2D eigenvalue weighted by atomic mass is 10.2. The van der Waals surface area contributed by atoms with E-state index in [0.717, 1.165) is 0 Å². The van der Waals surface area contributed by atoms with E-state index in [1.54, 1.807) is 19.2 Å². The number of allylic oxidation sites excluding steroid dienone is 2. The van der Waals surface area contributed by atoms with Crippen LogP contribution >= 0.6 is 0 Å². The predicted molar refractivity (Wildman–Crippen MR) is 38.9 cm³/mol. The van der Waals surface area contributed by atoms with Crippen molar-refractivity contribution in [2.75, 3.05) is 7.05 Å². The van der Waals surface area contributed by atoms with Gasteiger partial charge >= 0.3 is 0 Å². The van der Waals surface area contributed by atoms with Gasteiger partial charge in [0.1, 0.15) is 0 Å². The minimum Gasteiger partial charge on any atom is -0.293 e. The molecule has 0 aromatic carbocycles. The number of hydrogen-bond acceptors (Lipinski definition) is 2. The molecule has 50 valence electrons. The first-order valence-electron chi connectivity index (χ1n) is 2.82. The Morgan fingerprint density at radius 3 is 2.22 bits per heavy atom.